The second-order valence-electron chi connectivity index (χ2n) is 4.82. The van der Waals surface area contributed by atoms with Crippen LogP contribution >= 0.6 is 0 Å². The lowest BCUT2D eigenvalue weighted by atomic mass is 9.90. The number of benzene rings is 2. The lowest BCUT2D eigenvalue weighted by Crippen LogP contribution is -2.29. The molecule has 0 aliphatic carbocycles. The van der Waals surface area contributed by atoms with E-state index in [-0.39, 0.29) is 12.0 Å². The van der Waals surface area contributed by atoms with Crippen molar-refractivity contribution in [3.8, 4) is 0 Å². The van der Waals surface area contributed by atoms with Gasteiger partial charge in [0.1, 0.15) is 0 Å². The minimum Gasteiger partial charge on any atom is -0.327 e. The van der Waals surface area contributed by atoms with Crippen molar-refractivity contribution in [1.82, 2.24) is 0 Å². The maximum atomic E-state index is 13.1. The normalized spacial score (nSPS) is 14.1. The Kier molecular flexibility index (Phi) is 4.27. The van der Waals surface area contributed by atoms with Crippen LogP contribution < -0.4 is 5.73 Å². The van der Waals surface area contributed by atoms with Gasteiger partial charge in [-0.3, -0.25) is 0 Å². The Morgan fingerprint density at radius 1 is 1.00 bits per heavy atom. The highest BCUT2D eigenvalue weighted by Crippen LogP contribution is 2.21. The fourth-order valence-corrected chi connectivity index (χ4v) is 2.12. The van der Waals surface area contributed by atoms with Crippen LogP contribution in [0.1, 0.15) is 24.0 Å². The van der Waals surface area contributed by atoms with E-state index in [2.05, 4.69) is 0 Å². The van der Waals surface area contributed by atoms with Crippen molar-refractivity contribution < 1.29 is 8.78 Å². The fraction of sp³-hybridized carbons (Fsp3) is 0.250. The lowest BCUT2D eigenvalue weighted by molar-refractivity contribution is 0.503. The van der Waals surface area contributed by atoms with E-state index in [4.69, 9.17) is 5.73 Å². The maximum Gasteiger partial charge on any atom is 0.159 e. The van der Waals surface area contributed by atoms with E-state index in [9.17, 15) is 8.78 Å². The quantitative estimate of drug-likeness (QED) is 0.893. The van der Waals surface area contributed by atoms with E-state index in [0.29, 0.717) is 12.0 Å². The molecule has 2 unspecified atom stereocenters. The Balaban J connectivity index is 2.08. The summed E-state index contributed by atoms with van der Waals surface area (Å²) in [6, 6.07) is 13.7. The third-order valence-corrected chi connectivity index (χ3v) is 3.42. The number of hydrogen-bond donors (Lipinski definition) is 1. The number of nitrogens with two attached hydrogens (primary N) is 1. The number of hydrogen-bond acceptors (Lipinski definition) is 1. The number of rotatable bonds is 4. The second-order valence-corrected chi connectivity index (χ2v) is 4.82. The van der Waals surface area contributed by atoms with Crippen LogP contribution in [0.3, 0.4) is 0 Å². The Morgan fingerprint density at radius 2 is 1.68 bits per heavy atom. The lowest BCUT2D eigenvalue weighted by Gasteiger charge is -2.20. The predicted octanol–water partition coefficient (Wildman–Crippen LogP) is 3.64. The first kappa shape index (κ1) is 13.7. The smallest absolute Gasteiger partial charge is 0.159 e. The van der Waals surface area contributed by atoms with Gasteiger partial charge in [-0.15, -0.1) is 0 Å². The molecule has 0 radical (unpaired) electrons. The molecule has 0 saturated heterocycles. The van der Waals surface area contributed by atoms with Gasteiger partial charge in [0.05, 0.1) is 0 Å². The molecule has 0 aliphatic rings. The van der Waals surface area contributed by atoms with Crippen molar-refractivity contribution in [3.05, 3.63) is 71.3 Å². The SMILES string of the molecule is CC(c1ccccc1)C(N)Cc1ccc(F)c(F)c1. The van der Waals surface area contributed by atoms with E-state index in [1.54, 1.807) is 6.07 Å². The molecule has 0 aliphatic heterocycles. The Morgan fingerprint density at radius 3 is 2.32 bits per heavy atom. The molecule has 2 aromatic carbocycles. The molecule has 100 valence electrons. The van der Waals surface area contributed by atoms with Gasteiger partial charge >= 0.3 is 0 Å². The van der Waals surface area contributed by atoms with Crippen molar-refractivity contribution in [1.29, 1.82) is 0 Å². The summed E-state index contributed by atoms with van der Waals surface area (Å²) in [5.74, 6) is -1.49. The molecule has 0 aromatic heterocycles. The molecule has 2 atom stereocenters. The Hall–Kier alpha value is -1.74. The summed E-state index contributed by atoms with van der Waals surface area (Å²) in [7, 11) is 0. The van der Waals surface area contributed by atoms with Crippen molar-refractivity contribution in [2.45, 2.75) is 25.3 Å². The van der Waals surface area contributed by atoms with Crippen LogP contribution in [0.4, 0.5) is 8.78 Å². The standard InChI is InChI=1S/C16H17F2N/c1-11(13-5-3-2-4-6-13)16(19)10-12-7-8-14(17)15(18)9-12/h2-9,11,16H,10,19H2,1H3. The molecule has 2 N–H and O–H groups in total. The third kappa shape index (κ3) is 3.38. The van der Waals surface area contributed by atoms with E-state index in [0.717, 1.165) is 11.6 Å². The molecule has 0 fully saturated rings. The predicted molar refractivity (Wildman–Crippen MR) is 72.9 cm³/mol. The second kappa shape index (κ2) is 5.93. The Labute approximate surface area is 112 Å². The van der Waals surface area contributed by atoms with Gasteiger partial charge in [-0.25, -0.2) is 8.78 Å². The van der Waals surface area contributed by atoms with Gasteiger partial charge in [0, 0.05) is 6.04 Å². The summed E-state index contributed by atoms with van der Waals surface area (Å²) < 4.78 is 26.0. The molecule has 0 heterocycles. The zero-order valence-electron chi connectivity index (χ0n) is 10.8. The van der Waals surface area contributed by atoms with E-state index in [1.807, 2.05) is 37.3 Å². The van der Waals surface area contributed by atoms with Crippen molar-refractivity contribution >= 4 is 0 Å². The van der Waals surface area contributed by atoms with Crippen LogP contribution in [0.25, 0.3) is 0 Å². The van der Waals surface area contributed by atoms with Gasteiger partial charge in [0.2, 0.25) is 0 Å². The van der Waals surface area contributed by atoms with E-state index < -0.39 is 11.6 Å². The zero-order valence-corrected chi connectivity index (χ0v) is 10.8. The van der Waals surface area contributed by atoms with Gasteiger partial charge in [-0.2, -0.15) is 0 Å². The van der Waals surface area contributed by atoms with Crippen molar-refractivity contribution in [2.75, 3.05) is 0 Å². The molecular formula is C16H17F2N. The molecule has 0 bridgehead atoms. The molecule has 2 rings (SSSR count). The first-order chi connectivity index (χ1) is 9.08. The first-order valence-electron chi connectivity index (χ1n) is 6.32. The molecule has 0 saturated carbocycles. The van der Waals surface area contributed by atoms with Crippen molar-refractivity contribution in [3.63, 3.8) is 0 Å². The molecule has 1 nitrogen and oxygen atoms in total. The van der Waals surface area contributed by atoms with Crippen LogP contribution in [-0.4, -0.2) is 6.04 Å². The fourth-order valence-electron chi connectivity index (χ4n) is 2.12. The summed E-state index contributed by atoms with van der Waals surface area (Å²) in [6.45, 7) is 2.04. The van der Waals surface area contributed by atoms with Gasteiger partial charge in [-0.05, 0) is 35.6 Å². The first-order valence-corrected chi connectivity index (χ1v) is 6.32. The van der Waals surface area contributed by atoms with Crippen LogP contribution in [0.15, 0.2) is 48.5 Å². The number of halogens is 2. The summed E-state index contributed by atoms with van der Waals surface area (Å²) in [5, 5.41) is 0. The van der Waals surface area contributed by atoms with Gasteiger partial charge in [0.25, 0.3) is 0 Å². The average Bonchev–Trinajstić information content (AvgIpc) is 2.43. The highest BCUT2D eigenvalue weighted by molar-refractivity contribution is 5.23. The van der Waals surface area contributed by atoms with E-state index >= 15 is 0 Å². The average molecular weight is 261 g/mol. The van der Waals surface area contributed by atoms with Crippen LogP contribution in [0, 0.1) is 11.6 Å². The van der Waals surface area contributed by atoms with Crippen LogP contribution in [0.2, 0.25) is 0 Å². The third-order valence-electron chi connectivity index (χ3n) is 3.42. The summed E-state index contributed by atoms with van der Waals surface area (Å²) >= 11 is 0. The van der Waals surface area contributed by atoms with Gasteiger partial charge in [0.15, 0.2) is 11.6 Å². The molecular weight excluding hydrogens is 244 g/mol. The molecule has 0 spiro atoms. The molecule has 2 aromatic rings. The highest BCUT2D eigenvalue weighted by Gasteiger charge is 2.15. The summed E-state index contributed by atoms with van der Waals surface area (Å²) in [6.07, 6.45) is 0.521. The minimum absolute atomic E-state index is 0.132. The topological polar surface area (TPSA) is 26.0 Å². The largest absolute Gasteiger partial charge is 0.327 e. The zero-order chi connectivity index (χ0) is 13.8. The summed E-state index contributed by atoms with van der Waals surface area (Å²) in [4.78, 5) is 0. The summed E-state index contributed by atoms with van der Waals surface area (Å²) in [5.41, 5.74) is 8.02. The minimum atomic E-state index is -0.826. The monoisotopic (exact) mass is 261 g/mol. The van der Waals surface area contributed by atoms with Crippen LogP contribution in [-0.2, 0) is 6.42 Å². The van der Waals surface area contributed by atoms with Crippen molar-refractivity contribution in [2.24, 2.45) is 5.73 Å². The van der Waals surface area contributed by atoms with E-state index in [1.165, 1.54) is 6.07 Å². The molecule has 19 heavy (non-hydrogen) atoms. The maximum absolute atomic E-state index is 13.1. The van der Waals surface area contributed by atoms with Gasteiger partial charge < -0.3 is 5.73 Å². The highest BCUT2D eigenvalue weighted by atomic mass is 19.2. The molecule has 0 amide bonds. The molecule has 3 heteroatoms. The van der Waals surface area contributed by atoms with Gasteiger partial charge in [-0.1, -0.05) is 43.3 Å². The Bertz CT molecular complexity index is 540. The van der Waals surface area contributed by atoms with Crippen LogP contribution in [0.5, 0.6) is 0 Å².